The van der Waals surface area contributed by atoms with Gasteiger partial charge in [-0.25, -0.2) is 4.98 Å². The smallest absolute Gasteiger partial charge is 0.291 e. The number of carbonyl (C=O) groups is 2. The SMILES string of the molecule is CCc1cc(=O)[nH]c(-c2cccc(NC(=O)c3sc(NC(=O)c4ccco4)cc3C)c2)n1. The predicted octanol–water partition coefficient (Wildman–Crippen LogP) is 4.47. The van der Waals surface area contributed by atoms with Crippen molar-refractivity contribution in [3.63, 3.8) is 0 Å². The lowest BCUT2D eigenvalue weighted by atomic mass is 10.1. The molecule has 0 aliphatic heterocycles. The number of aromatic amines is 1. The van der Waals surface area contributed by atoms with Crippen molar-refractivity contribution in [2.24, 2.45) is 0 Å². The second-order valence-corrected chi connectivity index (χ2v) is 8.08. The van der Waals surface area contributed by atoms with Crippen LogP contribution in [0.2, 0.25) is 0 Å². The number of nitrogens with zero attached hydrogens (tertiary/aromatic N) is 1. The van der Waals surface area contributed by atoms with Crippen molar-refractivity contribution in [3.05, 3.63) is 87.0 Å². The summed E-state index contributed by atoms with van der Waals surface area (Å²) in [4.78, 5) is 44.6. The molecule has 4 rings (SSSR count). The molecule has 0 aliphatic carbocycles. The van der Waals surface area contributed by atoms with Gasteiger partial charge in [-0.2, -0.15) is 0 Å². The molecule has 8 nitrogen and oxygen atoms in total. The van der Waals surface area contributed by atoms with Crippen LogP contribution in [0.25, 0.3) is 11.4 Å². The van der Waals surface area contributed by atoms with Gasteiger partial charge in [0, 0.05) is 23.0 Å². The van der Waals surface area contributed by atoms with E-state index in [0.717, 1.165) is 5.56 Å². The molecule has 4 aromatic rings. The number of rotatable bonds is 6. The number of amides is 2. The lowest BCUT2D eigenvalue weighted by molar-refractivity contribution is 0.0995. The lowest BCUT2D eigenvalue weighted by Crippen LogP contribution is -2.12. The fourth-order valence-electron chi connectivity index (χ4n) is 3.11. The Kier molecular flexibility index (Phi) is 6.00. The maximum absolute atomic E-state index is 12.9. The molecule has 0 unspecified atom stereocenters. The van der Waals surface area contributed by atoms with Crippen molar-refractivity contribution < 1.29 is 14.0 Å². The molecule has 0 bridgehead atoms. The summed E-state index contributed by atoms with van der Waals surface area (Å²) in [5, 5.41) is 6.14. The zero-order valence-corrected chi connectivity index (χ0v) is 18.2. The average Bonchev–Trinajstić information content (AvgIpc) is 3.43. The van der Waals surface area contributed by atoms with Crippen molar-refractivity contribution >= 4 is 33.8 Å². The second kappa shape index (κ2) is 9.03. The van der Waals surface area contributed by atoms with E-state index in [9.17, 15) is 14.4 Å². The van der Waals surface area contributed by atoms with E-state index >= 15 is 0 Å². The molecule has 162 valence electrons. The third-order valence-electron chi connectivity index (χ3n) is 4.66. The number of benzene rings is 1. The molecule has 1 aromatic carbocycles. The molecule has 0 saturated heterocycles. The van der Waals surface area contributed by atoms with Crippen LogP contribution in [0.15, 0.2) is 64.0 Å². The van der Waals surface area contributed by atoms with Gasteiger partial charge in [0.15, 0.2) is 5.76 Å². The number of anilines is 2. The predicted molar refractivity (Wildman–Crippen MR) is 123 cm³/mol. The van der Waals surface area contributed by atoms with Crippen LogP contribution in [0.1, 0.15) is 38.4 Å². The third kappa shape index (κ3) is 4.68. The van der Waals surface area contributed by atoms with Gasteiger partial charge in [0.25, 0.3) is 17.4 Å². The van der Waals surface area contributed by atoms with E-state index in [0.29, 0.717) is 39.1 Å². The number of hydrogen-bond acceptors (Lipinski definition) is 6. The van der Waals surface area contributed by atoms with Crippen LogP contribution < -0.4 is 16.2 Å². The zero-order valence-electron chi connectivity index (χ0n) is 17.4. The molecule has 0 atom stereocenters. The molecule has 0 saturated carbocycles. The van der Waals surface area contributed by atoms with E-state index in [1.54, 1.807) is 43.3 Å². The molecular weight excluding hydrogens is 428 g/mol. The van der Waals surface area contributed by atoms with Crippen molar-refractivity contribution in [1.82, 2.24) is 9.97 Å². The molecule has 2 amide bonds. The van der Waals surface area contributed by atoms with Crippen LogP contribution in [-0.4, -0.2) is 21.8 Å². The first-order valence-corrected chi connectivity index (χ1v) is 10.7. The summed E-state index contributed by atoms with van der Waals surface area (Å²) in [5.41, 5.74) is 2.45. The van der Waals surface area contributed by atoms with Crippen molar-refractivity contribution in [2.45, 2.75) is 20.3 Å². The quantitative estimate of drug-likeness (QED) is 0.402. The van der Waals surface area contributed by atoms with Gasteiger partial charge in [-0.3, -0.25) is 14.4 Å². The Morgan fingerprint density at radius 2 is 1.94 bits per heavy atom. The number of H-pyrrole nitrogens is 1. The van der Waals surface area contributed by atoms with Gasteiger partial charge in [-0.05, 0) is 49.2 Å². The summed E-state index contributed by atoms with van der Waals surface area (Å²) in [6.07, 6.45) is 2.06. The lowest BCUT2D eigenvalue weighted by Gasteiger charge is -2.08. The monoisotopic (exact) mass is 448 g/mol. The van der Waals surface area contributed by atoms with Gasteiger partial charge in [0.2, 0.25) is 0 Å². The molecule has 3 heterocycles. The Bertz CT molecular complexity index is 1340. The highest BCUT2D eigenvalue weighted by molar-refractivity contribution is 7.18. The van der Waals surface area contributed by atoms with Gasteiger partial charge in [-0.1, -0.05) is 19.1 Å². The van der Waals surface area contributed by atoms with Gasteiger partial charge in [0.05, 0.1) is 16.1 Å². The summed E-state index contributed by atoms with van der Waals surface area (Å²) in [6, 6.07) is 13.5. The Balaban J connectivity index is 1.52. The summed E-state index contributed by atoms with van der Waals surface area (Å²) in [7, 11) is 0. The molecule has 0 aliphatic rings. The maximum atomic E-state index is 12.9. The number of nitrogens with one attached hydrogen (secondary N) is 3. The van der Waals surface area contributed by atoms with E-state index in [1.165, 1.54) is 23.7 Å². The molecule has 9 heteroatoms. The standard InChI is InChI=1S/C23H20N4O4S/c1-3-15-12-18(28)26-21(24-15)14-6-4-7-16(11-14)25-23(30)20-13(2)10-19(32-20)27-22(29)17-8-5-9-31-17/h4-12H,3H2,1-2H3,(H,25,30)(H,27,29)(H,24,26,28). The number of aromatic nitrogens is 2. The molecular formula is C23H20N4O4S. The fourth-order valence-corrected chi connectivity index (χ4v) is 4.07. The fraction of sp³-hybridized carbons (Fsp3) is 0.130. The van der Waals surface area contributed by atoms with Crippen LogP contribution in [0.4, 0.5) is 10.7 Å². The van der Waals surface area contributed by atoms with Crippen LogP contribution in [0, 0.1) is 6.92 Å². The highest BCUT2D eigenvalue weighted by Crippen LogP contribution is 2.28. The zero-order chi connectivity index (χ0) is 22.7. The summed E-state index contributed by atoms with van der Waals surface area (Å²) < 4.78 is 5.09. The Hall–Kier alpha value is -3.98. The number of hydrogen-bond donors (Lipinski definition) is 3. The van der Waals surface area contributed by atoms with E-state index in [2.05, 4.69) is 20.6 Å². The number of carbonyl (C=O) groups excluding carboxylic acids is 2. The normalized spacial score (nSPS) is 10.7. The molecule has 32 heavy (non-hydrogen) atoms. The first-order valence-electron chi connectivity index (χ1n) is 9.90. The first-order chi connectivity index (χ1) is 15.4. The minimum atomic E-state index is -0.383. The van der Waals surface area contributed by atoms with Gasteiger partial charge >= 0.3 is 0 Å². The summed E-state index contributed by atoms with van der Waals surface area (Å²) in [6.45, 7) is 3.73. The Morgan fingerprint density at radius 3 is 2.69 bits per heavy atom. The third-order valence-corrected chi connectivity index (χ3v) is 5.81. The van der Waals surface area contributed by atoms with Crippen LogP contribution in [0.5, 0.6) is 0 Å². The summed E-state index contributed by atoms with van der Waals surface area (Å²) in [5.74, 6) is -0.0445. The van der Waals surface area contributed by atoms with Gasteiger partial charge in [0.1, 0.15) is 5.82 Å². The summed E-state index contributed by atoms with van der Waals surface area (Å²) >= 11 is 1.17. The van der Waals surface area contributed by atoms with Crippen LogP contribution in [0.3, 0.4) is 0 Å². The van der Waals surface area contributed by atoms with Crippen LogP contribution in [-0.2, 0) is 6.42 Å². The number of thiophene rings is 1. The maximum Gasteiger partial charge on any atom is 0.291 e. The first kappa shape index (κ1) is 21.3. The van der Waals surface area contributed by atoms with E-state index < -0.39 is 0 Å². The second-order valence-electron chi connectivity index (χ2n) is 7.03. The van der Waals surface area contributed by atoms with Gasteiger partial charge < -0.3 is 20.0 Å². The molecule has 0 radical (unpaired) electrons. The minimum Gasteiger partial charge on any atom is -0.459 e. The number of aryl methyl sites for hydroxylation is 2. The topological polar surface area (TPSA) is 117 Å². The molecule has 3 aromatic heterocycles. The molecule has 0 fully saturated rings. The number of furan rings is 1. The molecule has 0 spiro atoms. The van der Waals surface area contributed by atoms with E-state index in [-0.39, 0.29) is 23.1 Å². The van der Waals surface area contributed by atoms with Crippen molar-refractivity contribution in [2.75, 3.05) is 10.6 Å². The van der Waals surface area contributed by atoms with Gasteiger partial charge in [-0.15, -0.1) is 11.3 Å². The van der Waals surface area contributed by atoms with E-state index in [1.807, 2.05) is 13.0 Å². The Labute approximate surface area is 187 Å². The molecule has 3 N–H and O–H groups in total. The minimum absolute atomic E-state index is 0.192. The van der Waals surface area contributed by atoms with Crippen molar-refractivity contribution in [1.29, 1.82) is 0 Å². The van der Waals surface area contributed by atoms with E-state index in [4.69, 9.17) is 4.42 Å². The highest BCUT2D eigenvalue weighted by Gasteiger charge is 2.17. The largest absolute Gasteiger partial charge is 0.459 e. The highest BCUT2D eigenvalue weighted by atomic mass is 32.1. The van der Waals surface area contributed by atoms with Crippen molar-refractivity contribution in [3.8, 4) is 11.4 Å². The van der Waals surface area contributed by atoms with Crippen LogP contribution >= 0.6 is 11.3 Å². The average molecular weight is 449 g/mol. The Morgan fingerprint density at radius 1 is 1.09 bits per heavy atom.